The minimum Gasteiger partial charge on any atom is -0.346 e. The lowest BCUT2D eigenvalue weighted by Crippen LogP contribution is -2.47. The van der Waals surface area contributed by atoms with Gasteiger partial charge in [-0.3, -0.25) is 9.59 Å². The smallest absolute Gasteiger partial charge is 0.241 e. The highest BCUT2D eigenvalue weighted by Gasteiger charge is 2.18. The monoisotopic (exact) mass is 244 g/mol. The molecule has 17 heavy (non-hydrogen) atoms. The van der Waals surface area contributed by atoms with Gasteiger partial charge in [0, 0.05) is 20.1 Å². The van der Waals surface area contributed by atoms with E-state index in [4.69, 9.17) is 5.73 Å². The van der Waals surface area contributed by atoms with E-state index in [-0.39, 0.29) is 24.3 Å². The predicted octanol–water partition coefficient (Wildman–Crippen LogP) is -1.24. The molecule has 0 aromatic carbocycles. The highest BCUT2D eigenvalue weighted by Crippen LogP contribution is 1.97. The summed E-state index contributed by atoms with van der Waals surface area (Å²) in [6, 6.07) is -0.564. The van der Waals surface area contributed by atoms with E-state index >= 15 is 0 Å². The van der Waals surface area contributed by atoms with Crippen molar-refractivity contribution in [1.29, 1.82) is 0 Å². The Morgan fingerprint density at radius 3 is 2.41 bits per heavy atom. The van der Waals surface area contributed by atoms with Crippen molar-refractivity contribution in [2.24, 2.45) is 11.7 Å². The Labute approximate surface area is 103 Å². The molecule has 6 heteroatoms. The van der Waals surface area contributed by atoms with Crippen molar-refractivity contribution in [3.8, 4) is 0 Å². The first-order valence-corrected chi connectivity index (χ1v) is 5.82. The number of carbonyl (C=O) groups excluding carboxylic acids is 2. The Balaban J connectivity index is 3.95. The van der Waals surface area contributed by atoms with Gasteiger partial charge in [0.25, 0.3) is 0 Å². The SMILES string of the molecule is CNCCN(C)C(=O)CNC(=O)[C@@H](N)C(C)C. The Morgan fingerprint density at radius 1 is 1.35 bits per heavy atom. The molecule has 100 valence electrons. The van der Waals surface area contributed by atoms with E-state index in [0.717, 1.165) is 6.54 Å². The van der Waals surface area contributed by atoms with Gasteiger partial charge in [0.2, 0.25) is 11.8 Å². The molecule has 1 atom stereocenters. The molecule has 4 N–H and O–H groups in total. The molecular formula is C11H24N4O2. The average molecular weight is 244 g/mol. The first-order chi connectivity index (χ1) is 7.90. The van der Waals surface area contributed by atoms with Crippen LogP contribution in [0.5, 0.6) is 0 Å². The van der Waals surface area contributed by atoms with Gasteiger partial charge in [0.15, 0.2) is 0 Å². The van der Waals surface area contributed by atoms with Crippen LogP contribution in [-0.4, -0.2) is 56.5 Å². The number of nitrogens with two attached hydrogens (primary N) is 1. The fourth-order valence-corrected chi connectivity index (χ4v) is 1.12. The van der Waals surface area contributed by atoms with Gasteiger partial charge in [-0.15, -0.1) is 0 Å². The van der Waals surface area contributed by atoms with Crippen LogP contribution in [-0.2, 0) is 9.59 Å². The van der Waals surface area contributed by atoms with Crippen LogP contribution in [0, 0.1) is 5.92 Å². The van der Waals surface area contributed by atoms with Crippen molar-refractivity contribution in [2.45, 2.75) is 19.9 Å². The van der Waals surface area contributed by atoms with Crippen LogP contribution in [0.4, 0.5) is 0 Å². The molecule has 0 aromatic rings. The zero-order valence-electron chi connectivity index (χ0n) is 11.1. The van der Waals surface area contributed by atoms with Gasteiger partial charge in [-0.1, -0.05) is 13.8 Å². The Morgan fingerprint density at radius 2 is 1.94 bits per heavy atom. The maximum atomic E-state index is 11.6. The molecule has 0 aromatic heterocycles. The minimum absolute atomic E-state index is 0.000528. The molecule has 2 amide bonds. The standard InChI is InChI=1S/C11H24N4O2/c1-8(2)10(12)11(17)14-7-9(16)15(4)6-5-13-3/h8,10,13H,5-7,12H2,1-4H3,(H,14,17)/t10-/m0/s1. The molecular weight excluding hydrogens is 220 g/mol. The van der Waals surface area contributed by atoms with Crippen LogP contribution < -0.4 is 16.4 Å². The number of nitrogens with one attached hydrogen (secondary N) is 2. The second kappa shape index (κ2) is 8.03. The lowest BCUT2D eigenvalue weighted by Gasteiger charge is -2.19. The van der Waals surface area contributed by atoms with E-state index in [2.05, 4.69) is 10.6 Å². The first-order valence-electron chi connectivity index (χ1n) is 5.82. The summed E-state index contributed by atoms with van der Waals surface area (Å²) in [5.74, 6) is -0.341. The topological polar surface area (TPSA) is 87.5 Å². The summed E-state index contributed by atoms with van der Waals surface area (Å²) >= 11 is 0. The molecule has 0 saturated heterocycles. The van der Waals surface area contributed by atoms with Gasteiger partial charge in [-0.05, 0) is 13.0 Å². The highest BCUT2D eigenvalue weighted by molar-refractivity contribution is 5.87. The summed E-state index contributed by atoms with van der Waals surface area (Å²) in [7, 11) is 3.52. The third-order valence-electron chi connectivity index (χ3n) is 2.56. The second-order valence-corrected chi connectivity index (χ2v) is 4.41. The average Bonchev–Trinajstić information content (AvgIpc) is 2.31. The molecule has 0 saturated carbocycles. The summed E-state index contributed by atoms with van der Waals surface area (Å²) in [6.07, 6.45) is 0. The number of amides is 2. The number of hydrogen-bond donors (Lipinski definition) is 3. The fourth-order valence-electron chi connectivity index (χ4n) is 1.12. The Kier molecular flexibility index (Phi) is 7.49. The Hall–Kier alpha value is -1.14. The molecule has 0 aliphatic rings. The van der Waals surface area contributed by atoms with Crippen LogP contribution in [0.1, 0.15) is 13.8 Å². The predicted molar refractivity (Wildman–Crippen MR) is 67.4 cm³/mol. The highest BCUT2D eigenvalue weighted by atomic mass is 16.2. The lowest BCUT2D eigenvalue weighted by atomic mass is 10.1. The molecule has 0 aliphatic heterocycles. The first kappa shape index (κ1) is 15.9. The third kappa shape index (κ3) is 6.23. The number of hydrogen-bond acceptors (Lipinski definition) is 4. The molecule has 0 bridgehead atoms. The molecule has 0 aliphatic carbocycles. The maximum Gasteiger partial charge on any atom is 0.241 e. The van der Waals surface area contributed by atoms with Crippen molar-refractivity contribution in [1.82, 2.24) is 15.5 Å². The van der Waals surface area contributed by atoms with E-state index in [0.29, 0.717) is 6.54 Å². The fraction of sp³-hybridized carbons (Fsp3) is 0.818. The lowest BCUT2D eigenvalue weighted by molar-refractivity contribution is -0.132. The van der Waals surface area contributed by atoms with Crippen LogP contribution in [0.3, 0.4) is 0 Å². The molecule has 0 fully saturated rings. The summed E-state index contributed by atoms with van der Waals surface area (Å²) in [4.78, 5) is 24.7. The van der Waals surface area contributed by atoms with E-state index < -0.39 is 6.04 Å². The number of rotatable bonds is 7. The van der Waals surface area contributed by atoms with Crippen molar-refractivity contribution in [2.75, 3.05) is 33.7 Å². The van der Waals surface area contributed by atoms with Gasteiger partial charge in [0.05, 0.1) is 12.6 Å². The summed E-state index contributed by atoms with van der Waals surface area (Å²) in [5, 5.41) is 5.50. The largest absolute Gasteiger partial charge is 0.346 e. The summed E-state index contributed by atoms with van der Waals surface area (Å²) in [6.45, 7) is 5.07. The third-order valence-corrected chi connectivity index (χ3v) is 2.56. The zero-order valence-corrected chi connectivity index (χ0v) is 11.1. The quantitative estimate of drug-likeness (QED) is 0.523. The van der Waals surface area contributed by atoms with Gasteiger partial charge in [-0.25, -0.2) is 0 Å². The van der Waals surface area contributed by atoms with Gasteiger partial charge in [-0.2, -0.15) is 0 Å². The maximum absolute atomic E-state index is 11.6. The molecule has 0 heterocycles. The molecule has 0 unspecified atom stereocenters. The van der Waals surface area contributed by atoms with Crippen molar-refractivity contribution >= 4 is 11.8 Å². The van der Waals surface area contributed by atoms with Crippen LogP contribution in [0.25, 0.3) is 0 Å². The van der Waals surface area contributed by atoms with Crippen LogP contribution in [0.15, 0.2) is 0 Å². The van der Waals surface area contributed by atoms with Crippen LogP contribution in [0.2, 0.25) is 0 Å². The van der Waals surface area contributed by atoms with Crippen molar-refractivity contribution < 1.29 is 9.59 Å². The zero-order chi connectivity index (χ0) is 13.4. The van der Waals surface area contributed by atoms with E-state index in [1.807, 2.05) is 20.9 Å². The number of likely N-dealkylation sites (N-methyl/N-ethyl adjacent to an activating group) is 2. The summed E-state index contributed by atoms with van der Waals surface area (Å²) in [5.41, 5.74) is 5.66. The minimum atomic E-state index is -0.564. The molecule has 0 spiro atoms. The number of carbonyl (C=O) groups is 2. The van der Waals surface area contributed by atoms with Crippen molar-refractivity contribution in [3.63, 3.8) is 0 Å². The molecule has 0 radical (unpaired) electrons. The van der Waals surface area contributed by atoms with E-state index in [9.17, 15) is 9.59 Å². The second-order valence-electron chi connectivity index (χ2n) is 4.41. The summed E-state index contributed by atoms with van der Waals surface area (Å²) < 4.78 is 0. The van der Waals surface area contributed by atoms with E-state index in [1.54, 1.807) is 11.9 Å². The molecule has 6 nitrogen and oxygen atoms in total. The van der Waals surface area contributed by atoms with E-state index in [1.165, 1.54) is 0 Å². The normalized spacial score (nSPS) is 12.4. The van der Waals surface area contributed by atoms with Gasteiger partial charge >= 0.3 is 0 Å². The van der Waals surface area contributed by atoms with Crippen molar-refractivity contribution in [3.05, 3.63) is 0 Å². The van der Waals surface area contributed by atoms with Gasteiger partial charge in [0.1, 0.15) is 0 Å². The number of nitrogens with zero attached hydrogens (tertiary/aromatic N) is 1. The molecule has 0 rings (SSSR count). The Bertz CT molecular complexity index is 256. The van der Waals surface area contributed by atoms with Gasteiger partial charge < -0.3 is 21.3 Å². The van der Waals surface area contributed by atoms with Crippen LogP contribution >= 0.6 is 0 Å².